The van der Waals surface area contributed by atoms with Gasteiger partial charge in [-0.3, -0.25) is 0 Å². The van der Waals surface area contributed by atoms with Gasteiger partial charge in [-0.2, -0.15) is 0 Å². The quantitative estimate of drug-likeness (QED) is 0.595. The predicted octanol–water partition coefficient (Wildman–Crippen LogP) is 3.36. The molecule has 0 aromatic heterocycles. The minimum Gasteiger partial charge on any atom is -0.377 e. The van der Waals surface area contributed by atoms with Crippen LogP contribution in [-0.2, 0) is 4.74 Å². The highest BCUT2D eigenvalue weighted by molar-refractivity contribution is 4.73. The van der Waals surface area contributed by atoms with Gasteiger partial charge in [-0.05, 0) is 27.2 Å². The number of unbranched alkanes of at least 4 members (excludes halogenated alkanes) is 3. The predicted molar refractivity (Wildman–Crippen MR) is 67.3 cm³/mol. The Balaban J connectivity index is 3.44. The molecule has 0 saturated carbocycles. The van der Waals surface area contributed by atoms with Crippen molar-refractivity contribution in [1.82, 2.24) is 5.32 Å². The lowest BCUT2D eigenvalue weighted by atomic mass is 10.1. The molecule has 0 aliphatic carbocycles. The van der Waals surface area contributed by atoms with E-state index in [9.17, 15) is 0 Å². The van der Waals surface area contributed by atoms with Gasteiger partial charge in [0.15, 0.2) is 0 Å². The summed E-state index contributed by atoms with van der Waals surface area (Å²) in [5.41, 5.74) is -0.0440. The van der Waals surface area contributed by atoms with E-state index < -0.39 is 0 Å². The van der Waals surface area contributed by atoms with E-state index >= 15 is 0 Å². The highest BCUT2D eigenvalue weighted by Gasteiger charge is 2.16. The summed E-state index contributed by atoms with van der Waals surface area (Å²) in [7, 11) is 1.77. The molecule has 1 unspecified atom stereocenters. The molecule has 2 heteroatoms. The normalized spacial score (nSPS) is 14.2. The number of ether oxygens (including phenoxy) is 1. The summed E-state index contributed by atoms with van der Waals surface area (Å²) in [6, 6.07) is 0.608. The van der Waals surface area contributed by atoms with E-state index in [1.807, 2.05) is 0 Å². The van der Waals surface area contributed by atoms with E-state index in [1.54, 1.807) is 7.11 Å². The largest absolute Gasteiger partial charge is 0.377 e. The van der Waals surface area contributed by atoms with Gasteiger partial charge in [-0.25, -0.2) is 0 Å². The molecular weight excluding hydrogens is 186 g/mol. The molecule has 1 atom stereocenters. The van der Waals surface area contributed by atoms with Crippen molar-refractivity contribution in [3.63, 3.8) is 0 Å². The molecule has 0 aliphatic rings. The van der Waals surface area contributed by atoms with Crippen LogP contribution in [0.2, 0.25) is 0 Å². The molecule has 2 nitrogen and oxygen atoms in total. The van der Waals surface area contributed by atoms with Gasteiger partial charge >= 0.3 is 0 Å². The van der Waals surface area contributed by atoms with Crippen LogP contribution in [0, 0.1) is 0 Å². The van der Waals surface area contributed by atoms with E-state index in [4.69, 9.17) is 4.74 Å². The van der Waals surface area contributed by atoms with Crippen LogP contribution in [0.4, 0.5) is 0 Å². The molecule has 1 N–H and O–H groups in total. The Bertz CT molecular complexity index is 145. The zero-order valence-corrected chi connectivity index (χ0v) is 11.2. The van der Waals surface area contributed by atoms with Crippen LogP contribution in [0.15, 0.2) is 0 Å². The van der Waals surface area contributed by atoms with Crippen molar-refractivity contribution in [1.29, 1.82) is 0 Å². The van der Waals surface area contributed by atoms with Crippen molar-refractivity contribution >= 4 is 0 Å². The lowest BCUT2D eigenvalue weighted by Gasteiger charge is -2.25. The lowest BCUT2D eigenvalue weighted by Crippen LogP contribution is -2.40. The summed E-state index contributed by atoms with van der Waals surface area (Å²) in [6.07, 6.45) is 6.68. The van der Waals surface area contributed by atoms with Crippen molar-refractivity contribution < 1.29 is 4.74 Å². The summed E-state index contributed by atoms with van der Waals surface area (Å²) in [6.45, 7) is 9.67. The Hall–Kier alpha value is -0.0800. The third kappa shape index (κ3) is 8.88. The summed E-state index contributed by atoms with van der Waals surface area (Å²) < 4.78 is 5.37. The van der Waals surface area contributed by atoms with Crippen LogP contribution in [-0.4, -0.2) is 25.3 Å². The number of nitrogens with one attached hydrogen (secondary N) is 1. The molecule has 0 bridgehead atoms. The van der Waals surface area contributed by atoms with Crippen LogP contribution < -0.4 is 5.32 Å². The molecule has 0 rings (SSSR count). The average Bonchev–Trinajstić information content (AvgIpc) is 2.22. The molecule has 0 radical (unpaired) electrons. The second-order valence-corrected chi connectivity index (χ2v) is 5.10. The molecule has 0 aromatic rings. The van der Waals surface area contributed by atoms with Gasteiger partial charge in [-0.1, -0.05) is 32.6 Å². The third-order valence-electron chi connectivity index (χ3n) is 2.92. The monoisotopic (exact) mass is 215 g/mol. The fourth-order valence-electron chi connectivity index (χ4n) is 1.47. The van der Waals surface area contributed by atoms with Crippen LogP contribution in [0.5, 0.6) is 0 Å². The van der Waals surface area contributed by atoms with E-state index in [0.29, 0.717) is 6.04 Å². The van der Waals surface area contributed by atoms with Crippen LogP contribution >= 0.6 is 0 Å². The van der Waals surface area contributed by atoms with E-state index in [-0.39, 0.29) is 5.60 Å². The summed E-state index contributed by atoms with van der Waals surface area (Å²) in [5, 5.41) is 3.53. The van der Waals surface area contributed by atoms with Gasteiger partial charge < -0.3 is 10.1 Å². The molecule has 0 saturated heterocycles. The fourth-order valence-corrected chi connectivity index (χ4v) is 1.47. The highest BCUT2D eigenvalue weighted by Crippen LogP contribution is 2.08. The second kappa shape index (κ2) is 8.12. The molecular formula is C13H29NO. The number of hydrogen-bond donors (Lipinski definition) is 1. The fraction of sp³-hybridized carbons (Fsp3) is 1.00. The maximum Gasteiger partial charge on any atom is 0.0746 e. The Morgan fingerprint density at radius 3 is 2.40 bits per heavy atom. The zero-order chi connectivity index (χ0) is 11.7. The van der Waals surface area contributed by atoms with E-state index in [2.05, 4.69) is 33.0 Å². The number of rotatable bonds is 9. The first-order valence-electron chi connectivity index (χ1n) is 6.30. The summed E-state index contributed by atoms with van der Waals surface area (Å²) >= 11 is 0. The Kier molecular flexibility index (Phi) is 8.07. The standard InChI is InChI=1S/C13H29NO/c1-6-7-8-9-10-12(2)14-11-13(3,4)15-5/h12,14H,6-11H2,1-5H3. The zero-order valence-electron chi connectivity index (χ0n) is 11.2. The molecule has 0 aromatic carbocycles. The van der Waals surface area contributed by atoms with E-state index in [0.717, 1.165) is 6.54 Å². The summed E-state index contributed by atoms with van der Waals surface area (Å²) in [5.74, 6) is 0. The topological polar surface area (TPSA) is 21.3 Å². The average molecular weight is 215 g/mol. The SMILES string of the molecule is CCCCCCC(C)NCC(C)(C)OC. The van der Waals surface area contributed by atoms with Gasteiger partial charge in [0.05, 0.1) is 5.60 Å². The minimum absolute atomic E-state index is 0.0440. The van der Waals surface area contributed by atoms with Crippen molar-refractivity contribution in [3.8, 4) is 0 Å². The Labute approximate surface area is 95.8 Å². The molecule has 0 amide bonds. The molecule has 0 heterocycles. The van der Waals surface area contributed by atoms with Crippen molar-refractivity contribution in [3.05, 3.63) is 0 Å². The van der Waals surface area contributed by atoms with Crippen molar-refractivity contribution in [2.24, 2.45) is 0 Å². The first kappa shape index (κ1) is 14.9. The van der Waals surface area contributed by atoms with Gasteiger partial charge in [0, 0.05) is 19.7 Å². The van der Waals surface area contributed by atoms with Crippen molar-refractivity contribution in [2.45, 2.75) is 71.4 Å². The molecule has 0 spiro atoms. The van der Waals surface area contributed by atoms with Crippen LogP contribution in [0.25, 0.3) is 0 Å². The van der Waals surface area contributed by atoms with Gasteiger partial charge in [-0.15, -0.1) is 0 Å². The van der Waals surface area contributed by atoms with Gasteiger partial charge in [0.25, 0.3) is 0 Å². The lowest BCUT2D eigenvalue weighted by molar-refractivity contribution is 0.0212. The second-order valence-electron chi connectivity index (χ2n) is 5.10. The summed E-state index contributed by atoms with van der Waals surface area (Å²) in [4.78, 5) is 0. The third-order valence-corrected chi connectivity index (χ3v) is 2.92. The Morgan fingerprint density at radius 1 is 1.20 bits per heavy atom. The maximum atomic E-state index is 5.37. The smallest absolute Gasteiger partial charge is 0.0746 e. The number of hydrogen-bond acceptors (Lipinski definition) is 2. The van der Waals surface area contributed by atoms with E-state index in [1.165, 1.54) is 32.1 Å². The first-order chi connectivity index (χ1) is 7.02. The number of methoxy groups -OCH3 is 1. The van der Waals surface area contributed by atoms with Gasteiger partial charge in [0.2, 0.25) is 0 Å². The van der Waals surface area contributed by atoms with Crippen LogP contribution in [0.1, 0.15) is 59.8 Å². The van der Waals surface area contributed by atoms with Crippen LogP contribution in [0.3, 0.4) is 0 Å². The first-order valence-corrected chi connectivity index (χ1v) is 6.30. The Morgan fingerprint density at radius 2 is 1.87 bits per heavy atom. The van der Waals surface area contributed by atoms with Gasteiger partial charge in [0.1, 0.15) is 0 Å². The molecule has 15 heavy (non-hydrogen) atoms. The van der Waals surface area contributed by atoms with Crippen molar-refractivity contribution in [2.75, 3.05) is 13.7 Å². The molecule has 0 fully saturated rings. The molecule has 92 valence electrons. The maximum absolute atomic E-state index is 5.37. The highest BCUT2D eigenvalue weighted by atomic mass is 16.5. The molecule has 0 aliphatic heterocycles. The minimum atomic E-state index is -0.0440.